The van der Waals surface area contributed by atoms with Gasteiger partial charge in [0.15, 0.2) is 11.6 Å². The molecular weight excluding hydrogens is 312 g/mol. The summed E-state index contributed by atoms with van der Waals surface area (Å²) in [4.78, 5) is 13.2. The van der Waals surface area contributed by atoms with Crippen molar-refractivity contribution >= 4 is 34.6 Å². The first-order valence-corrected chi connectivity index (χ1v) is 7.99. The van der Waals surface area contributed by atoms with Gasteiger partial charge in [0, 0.05) is 36.9 Å². The van der Waals surface area contributed by atoms with Crippen molar-refractivity contribution < 1.29 is 0 Å². The zero-order chi connectivity index (χ0) is 16.4. The number of aryl methyl sites for hydroxylation is 1. The van der Waals surface area contributed by atoms with Crippen LogP contribution in [0.2, 0.25) is 5.02 Å². The molecule has 3 N–H and O–H groups in total. The van der Waals surface area contributed by atoms with Crippen LogP contribution in [0.15, 0.2) is 24.5 Å². The van der Waals surface area contributed by atoms with Crippen molar-refractivity contribution in [2.45, 2.75) is 6.92 Å². The summed E-state index contributed by atoms with van der Waals surface area (Å²) in [6.45, 7) is 5.83. The van der Waals surface area contributed by atoms with E-state index in [9.17, 15) is 0 Å². The molecule has 6 nitrogen and oxygen atoms in total. The summed E-state index contributed by atoms with van der Waals surface area (Å²) in [5, 5.41) is 3.99. The first kappa shape index (κ1) is 15.8. The van der Waals surface area contributed by atoms with Crippen LogP contribution < -0.4 is 16.0 Å². The van der Waals surface area contributed by atoms with Gasteiger partial charge in [0.05, 0.1) is 0 Å². The minimum absolute atomic E-state index is 0.575. The predicted octanol–water partition coefficient (Wildman–Crippen LogP) is 2.52. The third-order valence-corrected chi connectivity index (χ3v) is 4.34. The van der Waals surface area contributed by atoms with Crippen LogP contribution in [-0.2, 0) is 0 Å². The predicted molar refractivity (Wildman–Crippen MR) is 95.6 cm³/mol. The fraction of sp³-hybridized carbons (Fsp3) is 0.375. The van der Waals surface area contributed by atoms with E-state index in [0.717, 1.165) is 43.2 Å². The summed E-state index contributed by atoms with van der Waals surface area (Å²) in [6, 6.07) is 5.67. The van der Waals surface area contributed by atoms with E-state index in [1.54, 1.807) is 6.33 Å². The Morgan fingerprint density at radius 2 is 1.91 bits per heavy atom. The monoisotopic (exact) mass is 332 g/mol. The van der Waals surface area contributed by atoms with E-state index in [1.807, 2.05) is 25.1 Å². The molecule has 0 atom stereocenters. The van der Waals surface area contributed by atoms with E-state index in [1.165, 1.54) is 0 Å². The molecule has 2 aromatic rings. The molecule has 0 radical (unpaired) electrons. The highest BCUT2D eigenvalue weighted by Gasteiger charge is 2.19. The summed E-state index contributed by atoms with van der Waals surface area (Å²) in [6.07, 6.45) is 1.55. The zero-order valence-electron chi connectivity index (χ0n) is 13.4. The number of benzene rings is 1. The van der Waals surface area contributed by atoms with E-state index in [0.29, 0.717) is 16.5 Å². The van der Waals surface area contributed by atoms with Gasteiger partial charge in [-0.25, -0.2) is 9.97 Å². The van der Waals surface area contributed by atoms with Gasteiger partial charge in [0.25, 0.3) is 0 Å². The van der Waals surface area contributed by atoms with Crippen molar-refractivity contribution in [2.24, 2.45) is 0 Å². The summed E-state index contributed by atoms with van der Waals surface area (Å²) in [5.74, 6) is 1.42. The molecule has 2 heterocycles. The maximum Gasteiger partial charge on any atom is 0.159 e. The molecule has 3 rings (SSSR count). The Morgan fingerprint density at radius 3 is 2.61 bits per heavy atom. The average molecular weight is 333 g/mol. The third kappa shape index (κ3) is 3.48. The molecule has 0 saturated carbocycles. The molecule has 1 aliphatic heterocycles. The largest absolute Gasteiger partial charge is 0.393 e. The van der Waals surface area contributed by atoms with Crippen molar-refractivity contribution in [1.29, 1.82) is 0 Å². The number of rotatable bonds is 3. The van der Waals surface area contributed by atoms with Gasteiger partial charge in [-0.15, -0.1) is 0 Å². The van der Waals surface area contributed by atoms with Crippen LogP contribution in [0.5, 0.6) is 0 Å². The maximum absolute atomic E-state index is 6.31. The lowest BCUT2D eigenvalue weighted by Crippen LogP contribution is -2.45. The molecule has 122 valence electrons. The maximum atomic E-state index is 6.31. The van der Waals surface area contributed by atoms with Crippen LogP contribution in [0.25, 0.3) is 0 Å². The highest BCUT2D eigenvalue weighted by atomic mass is 35.5. The number of anilines is 4. The molecule has 0 bridgehead atoms. The Hall–Kier alpha value is -2.05. The second kappa shape index (κ2) is 6.60. The molecule has 7 heteroatoms. The number of nitrogens with two attached hydrogens (primary N) is 1. The van der Waals surface area contributed by atoms with E-state index in [2.05, 4.69) is 32.1 Å². The minimum Gasteiger partial charge on any atom is -0.393 e. The Kier molecular flexibility index (Phi) is 4.54. The van der Waals surface area contributed by atoms with Gasteiger partial charge in [-0.05, 0) is 37.7 Å². The van der Waals surface area contributed by atoms with Gasteiger partial charge in [-0.2, -0.15) is 0 Å². The van der Waals surface area contributed by atoms with Crippen LogP contribution >= 0.6 is 11.6 Å². The molecule has 1 aliphatic rings. The number of hydrogen-bond donors (Lipinski definition) is 2. The number of piperazine rings is 1. The summed E-state index contributed by atoms with van der Waals surface area (Å²) >= 11 is 6.00. The molecule has 1 saturated heterocycles. The lowest BCUT2D eigenvalue weighted by molar-refractivity contribution is 0.312. The van der Waals surface area contributed by atoms with E-state index < -0.39 is 0 Å². The van der Waals surface area contributed by atoms with Gasteiger partial charge in [-0.1, -0.05) is 11.6 Å². The highest BCUT2D eigenvalue weighted by Crippen LogP contribution is 2.30. The molecule has 0 spiro atoms. The Labute approximate surface area is 141 Å². The van der Waals surface area contributed by atoms with Crippen LogP contribution in [0.1, 0.15) is 5.56 Å². The van der Waals surface area contributed by atoms with Crippen LogP contribution in [0, 0.1) is 6.92 Å². The number of aromatic nitrogens is 2. The van der Waals surface area contributed by atoms with Crippen LogP contribution in [0.4, 0.5) is 23.0 Å². The Balaban J connectivity index is 1.85. The molecular formula is C16H21ClN6. The standard InChI is InChI=1S/C16H21ClN6/c1-11-9-12(17)3-4-13(11)21-15-14(18)16(20-10-19-15)23-7-5-22(2)6-8-23/h3-4,9-10H,5-8,18H2,1-2H3,(H,19,20,21). The highest BCUT2D eigenvalue weighted by molar-refractivity contribution is 6.30. The number of nitrogen functional groups attached to an aromatic ring is 1. The normalized spacial score (nSPS) is 15.7. The van der Waals surface area contributed by atoms with Gasteiger partial charge in [0.2, 0.25) is 0 Å². The van der Waals surface area contributed by atoms with Gasteiger partial charge in [-0.3, -0.25) is 0 Å². The molecule has 1 fully saturated rings. The summed E-state index contributed by atoms with van der Waals surface area (Å²) in [5.41, 5.74) is 8.86. The Bertz CT molecular complexity index is 697. The molecule has 0 amide bonds. The molecule has 0 aliphatic carbocycles. The molecule has 23 heavy (non-hydrogen) atoms. The SMILES string of the molecule is Cc1cc(Cl)ccc1Nc1ncnc(N2CCN(C)CC2)c1N. The lowest BCUT2D eigenvalue weighted by Gasteiger charge is -2.33. The Morgan fingerprint density at radius 1 is 1.17 bits per heavy atom. The first-order valence-electron chi connectivity index (χ1n) is 7.62. The number of halogens is 1. The first-order chi connectivity index (χ1) is 11.0. The molecule has 0 unspecified atom stereocenters. The zero-order valence-corrected chi connectivity index (χ0v) is 14.1. The van der Waals surface area contributed by atoms with Crippen molar-refractivity contribution in [2.75, 3.05) is 49.2 Å². The summed E-state index contributed by atoms with van der Waals surface area (Å²) in [7, 11) is 2.12. The quantitative estimate of drug-likeness (QED) is 0.900. The fourth-order valence-corrected chi connectivity index (χ4v) is 2.88. The van der Waals surface area contributed by atoms with Gasteiger partial charge < -0.3 is 20.9 Å². The second-order valence-corrected chi connectivity index (χ2v) is 6.27. The number of likely N-dealkylation sites (N-methyl/N-ethyl adjacent to an activating group) is 1. The van der Waals surface area contributed by atoms with E-state index in [-0.39, 0.29) is 0 Å². The lowest BCUT2D eigenvalue weighted by atomic mass is 10.2. The van der Waals surface area contributed by atoms with Crippen LogP contribution in [0.3, 0.4) is 0 Å². The number of nitrogens with zero attached hydrogens (tertiary/aromatic N) is 4. The minimum atomic E-state index is 0.575. The van der Waals surface area contributed by atoms with Crippen LogP contribution in [-0.4, -0.2) is 48.1 Å². The topological polar surface area (TPSA) is 70.3 Å². The summed E-state index contributed by atoms with van der Waals surface area (Å²) < 4.78 is 0. The number of hydrogen-bond acceptors (Lipinski definition) is 6. The molecule has 1 aromatic heterocycles. The molecule has 1 aromatic carbocycles. The van der Waals surface area contributed by atoms with Crippen molar-refractivity contribution in [3.05, 3.63) is 35.1 Å². The smallest absolute Gasteiger partial charge is 0.159 e. The third-order valence-electron chi connectivity index (χ3n) is 4.11. The average Bonchev–Trinajstić information content (AvgIpc) is 2.53. The van der Waals surface area contributed by atoms with Gasteiger partial charge in [0.1, 0.15) is 12.0 Å². The van der Waals surface area contributed by atoms with Crippen molar-refractivity contribution in [1.82, 2.24) is 14.9 Å². The van der Waals surface area contributed by atoms with Gasteiger partial charge >= 0.3 is 0 Å². The van der Waals surface area contributed by atoms with E-state index >= 15 is 0 Å². The second-order valence-electron chi connectivity index (χ2n) is 5.83. The fourth-order valence-electron chi connectivity index (χ4n) is 2.65. The van der Waals surface area contributed by atoms with Crippen molar-refractivity contribution in [3.63, 3.8) is 0 Å². The van der Waals surface area contributed by atoms with Crippen molar-refractivity contribution in [3.8, 4) is 0 Å². The van der Waals surface area contributed by atoms with E-state index in [4.69, 9.17) is 17.3 Å². The number of nitrogens with one attached hydrogen (secondary N) is 1.